The number of piperidine rings is 1. The molecule has 0 bridgehead atoms. The van der Waals surface area contributed by atoms with Crippen molar-refractivity contribution in [3.05, 3.63) is 82.0 Å². The van der Waals surface area contributed by atoms with Gasteiger partial charge in [-0.2, -0.15) is 5.10 Å². The molecular formula is C34H37N7O6. The molecule has 2 aliphatic heterocycles. The van der Waals surface area contributed by atoms with Crippen LogP contribution in [0.4, 0.5) is 11.6 Å². The van der Waals surface area contributed by atoms with Gasteiger partial charge in [-0.15, -0.1) is 0 Å². The van der Waals surface area contributed by atoms with Gasteiger partial charge in [0.15, 0.2) is 17.3 Å². The maximum Gasteiger partial charge on any atom is 0.368 e. The van der Waals surface area contributed by atoms with E-state index in [1.165, 1.54) is 10.7 Å². The van der Waals surface area contributed by atoms with E-state index in [9.17, 15) is 14.9 Å². The van der Waals surface area contributed by atoms with Gasteiger partial charge in [-0.25, -0.2) is 9.99 Å². The summed E-state index contributed by atoms with van der Waals surface area (Å²) in [5.74, 6) is 2.48. The summed E-state index contributed by atoms with van der Waals surface area (Å²) in [4.78, 5) is 31.1. The lowest BCUT2D eigenvalue weighted by Crippen LogP contribution is -2.52. The van der Waals surface area contributed by atoms with Crippen LogP contribution < -0.4 is 19.1 Å². The van der Waals surface area contributed by atoms with Gasteiger partial charge in [-0.1, -0.05) is 40.7 Å². The highest BCUT2D eigenvalue weighted by Gasteiger charge is 2.44. The number of rotatable bonds is 9. The number of ether oxygens (including phenoxy) is 3. The van der Waals surface area contributed by atoms with Gasteiger partial charge in [0.1, 0.15) is 18.6 Å². The molecule has 2 atom stereocenters. The number of fused-ring (bicyclic) bond motifs is 2. The number of aromatic nitrogens is 3. The monoisotopic (exact) mass is 639 g/mol. The maximum atomic E-state index is 14.0. The van der Waals surface area contributed by atoms with Crippen LogP contribution in [-0.2, 0) is 11.4 Å². The first-order valence-electron chi connectivity index (χ1n) is 16.0. The molecule has 2 fully saturated rings. The topological polar surface area (TPSA) is 137 Å². The SMILES string of the molecule is COc1ccccc1COc1cc(C2=NN(C3CCN(c4ccc5ncc([N+](=O)[O-])n5n4)CC3)C(=O)[C@H]3CCCC[C@H]23)ccc1OC. The van der Waals surface area contributed by atoms with Crippen molar-refractivity contribution in [1.29, 1.82) is 0 Å². The lowest BCUT2D eigenvalue weighted by atomic mass is 9.73. The summed E-state index contributed by atoms with van der Waals surface area (Å²) in [6.45, 7) is 1.58. The first-order chi connectivity index (χ1) is 22.9. The number of hydrazone groups is 1. The minimum absolute atomic E-state index is 0.0462. The van der Waals surface area contributed by atoms with Crippen LogP contribution in [0.1, 0.15) is 49.7 Å². The number of anilines is 1. The molecule has 2 aromatic carbocycles. The van der Waals surface area contributed by atoms with Gasteiger partial charge >= 0.3 is 5.82 Å². The molecule has 0 spiro atoms. The number of carbonyl (C=O) groups excluding carboxylic acids is 1. The molecule has 1 amide bonds. The Kier molecular flexibility index (Phi) is 8.35. The number of methoxy groups -OCH3 is 2. The molecule has 7 rings (SSSR count). The molecule has 2 aromatic heterocycles. The van der Waals surface area contributed by atoms with Crippen LogP contribution in [0.25, 0.3) is 5.65 Å². The van der Waals surface area contributed by atoms with E-state index in [2.05, 4.69) is 15.0 Å². The van der Waals surface area contributed by atoms with Crippen molar-refractivity contribution in [3.8, 4) is 17.2 Å². The Morgan fingerprint density at radius 1 is 0.915 bits per heavy atom. The Morgan fingerprint density at radius 3 is 2.45 bits per heavy atom. The van der Waals surface area contributed by atoms with Crippen molar-refractivity contribution in [2.24, 2.45) is 16.9 Å². The van der Waals surface area contributed by atoms with E-state index in [0.717, 1.165) is 48.3 Å². The number of hydrogen-bond acceptors (Lipinski definition) is 10. The Morgan fingerprint density at radius 2 is 1.68 bits per heavy atom. The lowest BCUT2D eigenvalue weighted by Gasteiger charge is -2.43. The smallest absolute Gasteiger partial charge is 0.368 e. The second kappa shape index (κ2) is 12.9. The lowest BCUT2D eigenvalue weighted by molar-refractivity contribution is -0.391. The first-order valence-corrected chi connectivity index (χ1v) is 16.0. The van der Waals surface area contributed by atoms with E-state index in [1.807, 2.05) is 48.5 Å². The summed E-state index contributed by atoms with van der Waals surface area (Å²) in [7, 11) is 3.27. The standard InChI is InChI=1S/C34H37N7O6/c1-45-27-10-6-3-7-23(27)21-47-29-19-22(11-12-28(29)46-2)33-25-8-4-5-9-26(25)34(42)39(37-33)24-15-17-38(18-16-24)31-14-13-30-35-20-32(41(43)44)40(30)36-31/h3,6-7,10-14,19-20,24-26H,4-5,8-9,15-18,21H2,1-2H3/t25-,26-/m0/s1. The molecule has 0 unspecified atom stereocenters. The fraction of sp³-hybridized carbons (Fsp3) is 0.412. The van der Waals surface area contributed by atoms with Gasteiger partial charge in [0.25, 0.3) is 0 Å². The van der Waals surface area contributed by atoms with Crippen LogP contribution in [0, 0.1) is 22.0 Å². The Bertz CT molecular complexity index is 1830. The van der Waals surface area contributed by atoms with E-state index >= 15 is 0 Å². The minimum Gasteiger partial charge on any atom is -0.496 e. The van der Waals surface area contributed by atoms with Gasteiger partial charge in [0.05, 0.1) is 26.0 Å². The van der Waals surface area contributed by atoms with E-state index < -0.39 is 4.92 Å². The van der Waals surface area contributed by atoms with Crippen molar-refractivity contribution >= 4 is 28.9 Å². The van der Waals surface area contributed by atoms with E-state index in [1.54, 1.807) is 25.3 Å². The number of amides is 1. The van der Waals surface area contributed by atoms with Crippen molar-refractivity contribution in [3.63, 3.8) is 0 Å². The van der Waals surface area contributed by atoms with Crippen molar-refractivity contribution in [1.82, 2.24) is 19.6 Å². The molecule has 1 aliphatic carbocycles. The minimum atomic E-state index is -0.489. The van der Waals surface area contributed by atoms with Crippen LogP contribution in [0.2, 0.25) is 0 Å². The fourth-order valence-corrected chi connectivity index (χ4v) is 7.11. The highest BCUT2D eigenvalue weighted by Crippen LogP contribution is 2.40. The second-order valence-electron chi connectivity index (χ2n) is 12.2. The summed E-state index contributed by atoms with van der Waals surface area (Å²) in [5.41, 5.74) is 3.18. The number of para-hydroxylation sites is 1. The maximum absolute atomic E-state index is 14.0. The van der Waals surface area contributed by atoms with Gasteiger partial charge in [-0.05, 0) is 60.9 Å². The molecular weight excluding hydrogens is 602 g/mol. The molecule has 13 nitrogen and oxygen atoms in total. The molecule has 3 aliphatic rings. The van der Waals surface area contributed by atoms with E-state index in [4.69, 9.17) is 19.3 Å². The zero-order chi connectivity index (χ0) is 32.5. The molecule has 47 heavy (non-hydrogen) atoms. The third kappa shape index (κ3) is 5.81. The molecule has 4 aromatic rings. The number of hydrogen-bond donors (Lipinski definition) is 0. The first kappa shape index (κ1) is 30.5. The highest BCUT2D eigenvalue weighted by atomic mass is 16.6. The Labute approximate surface area is 271 Å². The molecule has 1 saturated heterocycles. The van der Waals surface area contributed by atoms with Gasteiger partial charge in [-0.3, -0.25) is 4.79 Å². The quantitative estimate of drug-likeness (QED) is 0.178. The van der Waals surface area contributed by atoms with Crippen LogP contribution in [0.3, 0.4) is 0 Å². The molecule has 13 heteroatoms. The van der Waals surface area contributed by atoms with Crippen LogP contribution in [-0.4, -0.2) is 69.5 Å². The Balaban J connectivity index is 1.14. The van der Waals surface area contributed by atoms with E-state index in [-0.39, 0.29) is 29.6 Å². The number of carbonyl (C=O) groups is 1. The zero-order valence-electron chi connectivity index (χ0n) is 26.4. The third-order valence-corrected chi connectivity index (χ3v) is 9.56. The van der Waals surface area contributed by atoms with Crippen molar-refractivity contribution < 1.29 is 23.9 Å². The molecule has 0 radical (unpaired) electrons. The summed E-state index contributed by atoms with van der Waals surface area (Å²) in [6, 6.07) is 17.1. The average Bonchev–Trinajstić information content (AvgIpc) is 3.55. The van der Waals surface area contributed by atoms with Crippen LogP contribution in [0.5, 0.6) is 17.2 Å². The number of benzene rings is 2. The number of imidazole rings is 1. The van der Waals surface area contributed by atoms with E-state index in [0.29, 0.717) is 55.5 Å². The zero-order valence-corrected chi connectivity index (χ0v) is 26.4. The molecule has 244 valence electrons. The number of nitro groups is 1. The summed E-state index contributed by atoms with van der Waals surface area (Å²) in [5, 5.41) is 22.8. The molecule has 1 saturated carbocycles. The summed E-state index contributed by atoms with van der Waals surface area (Å²) >= 11 is 0. The third-order valence-electron chi connectivity index (χ3n) is 9.56. The van der Waals surface area contributed by atoms with Crippen LogP contribution >= 0.6 is 0 Å². The van der Waals surface area contributed by atoms with Gasteiger partial charge in [0, 0.05) is 42.1 Å². The normalized spacial score (nSPS) is 20.1. The predicted octanol–water partition coefficient (Wildman–Crippen LogP) is 5.26. The van der Waals surface area contributed by atoms with Crippen LogP contribution in [0.15, 0.2) is 65.9 Å². The predicted molar refractivity (Wildman–Crippen MR) is 174 cm³/mol. The summed E-state index contributed by atoms with van der Waals surface area (Å²) in [6.07, 6.45) is 6.45. The van der Waals surface area contributed by atoms with Crippen molar-refractivity contribution in [2.45, 2.75) is 51.2 Å². The highest BCUT2D eigenvalue weighted by molar-refractivity contribution is 6.07. The number of nitrogens with zero attached hydrogens (tertiary/aromatic N) is 7. The Hall–Kier alpha value is -5.20. The average molecular weight is 640 g/mol. The fourth-order valence-electron chi connectivity index (χ4n) is 7.11. The second-order valence-corrected chi connectivity index (χ2v) is 12.2. The molecule has 0 N–H and O–H groups in total. The summed E-state index contributed by atoms with van der Waals surface area (Å²) < 4.78 is 18.7. The largest absolute Gasteiger partial charge is 0.496 e. The van der Waals surface area contributed by atoms with Gasteiger partial charge in [0.2, 0.25) is 11.6 Å². The van der Waals surface area contributed by atoms with Gasteiger partial charge < -0.3 is 29.2 Å². The van der Waals surface area contributed by atoms with Crippen molar-refractivity contribution in [2.75, 3.05) is 32.2 Å². The molecule has 4 heterocycles.